The SMILES string of the molecule is COc1ccc(C2=NO[C@@](C)(C(=O)NCCN3CCOCC3)C2)cc1. The molecule has 1 saturated heterocycles. The molecule has 0 aliphatic carbocycles. The molecule has 0 radical (unpaired) electrons. The van der Waals surface area contributed by atoms with E-state index < -0.39 is 5.60 Å². The molecule has 25 heavy (non-hydrogen) atoms. The average molecular weight is 347 g/mol. The summed E-state index contributed by atoms with van der Waals surface area (Å²) >= 11 is 0. The summed E-state index contributed by atoms with van der Waals surface area (Å²) in [6, 6.07) is 7.58. The minimum absolute atomic E-state index is 0.131. The Hall–Kier alpha value is -2.12. The summed E-state index contributed by atoms with van der Waals surface area (Å²) < 4.78 is 10.5. The van der Waals surface area contributed by atoms with Crippen LogP contribution in [0, 0.1) is 0 Å². The molecule has 0 spiro atoms. The van der Waals surface area contributed by atoms with Crippen molar-refractivity contribution in [3.63, 3.8) is 0 Å². The van der Waals surface area contributed by atoms with E-state index in [1.807, 2.05) is 24.3 Å². The van der Waals surface area contributed by atoms with Gasteiger partial charge in [0.25, 0.3) is 5.91 Å². The highest BCUT2D eigenvalue weighted by atomic mass is 16.7. The lowest BCUT2D eigenvalue weighted by Crippen LogP contribution is -2.48. The molecule has 1 aromatic rings. The van der Waals surface area contributed by atoms with Gasteiger partial charge in [0.05, 0.1) is 26.0 Å². The zero-order valence-corrected chi connectivity index (χ0v) is 14.8. The summed E-state index contributed by atoms with van der Waals surface area (Å²) in [6.45, 7) is 6.52. The lowest BCUT2D eigenvalue weighted by molar-refractivity contribution is -0.141. The summed E-state index contributed by atoms with van der Waals surface area (Å²) in [4.78, 5) is 20.3. The Balaban J connectivity index is 1.49. The standard InChI is InChI=1S/C18H25N3O4/c1-18(17(22)19-7-8-21-9-11-24-12-10-21)13-16(20-25-18)14-3-5-15(23-2)6-4-14/h3-6H,7-13H2,1-2H3,(H,19,22)/t18-/m1/s1. The summed E-state index contributed by atoms with van der Waals surface area (Å²) in [7, 11) is 1.63. The average Bonchev–Trinajstić information content (AvgIpc) is 3.06. The number of morpholine rings is 1. The molecule has 1 fully saturated rings. The van der Waals surface area contributed by atoms with Gasteiger partial charge in [0.1, 0.15) is 5.75 Å². The largest absolute Gasteiger partial charge is 0.497 e. The fourth-order valence-corrected chi connectivity index (χ4v) is 2.94. The lowest BCUT2D eigenvalue weighted by Gasteiger charge is -2.27. The van der Waals surface area contributed by atoms with E-state index in [1.165, 1.54) is 0 Å². The molecule has 7 nitrogen and oxygen atoms in total. The van der Waals surface area contributed by atoms with Crippen molar-refractivity contribution in [2.45, 2.75) is 18.9 Å². The molecular formula is C18H25N3O4. The van der Waals surface area contributed by atoms with Gasteiger partial charge < -0.3 is 19.6 Å². The molecule has 1 N–H and O–H groups in total. The Bertz CT molecular complexity index is 626. The third-order valence-corrected chi connectivity index (χ3v) is 4.58. The topological polar surface area (TPSA) is 72.4 Å². The maximum absolute atomic E-state index is 12.5. The van der Waals surface area contributed by atoms with E-state index in [2.05, 4.69) is 15.4 Å². The molecule has 2 aliphatic rings. The highest BCUT2D eigenvalue weighted by Gasteiger charge is 2.42. The van der Waals surface area contributed by atoms with Crippen LogP contribution in [0.4, 0.5) is 0 Å². The van der Waals surface area contributed by atoms with Crippen molar-refractivity contribution in [2.75, 3.05) is 46.5 Å². The first-order valence-corrected chi connectivity index (χ1v) is 8.58. The quantitative estimate of drug-likeness (QED) is 0.832. The third-order valence-electron chi connectivity index (χ3n) is 4.58. The molecule has 7 heteroatoms. The first-order valence-electron chi connectivity index (χ1n) is 8.58. The lowest BCUT2D eigenvalue weighted by atomic mass is 9.95. The minimum atomic E-state index is -0.958. The van der Waals surface area contributed by atoms with E-state index >= 15 is 0 Å². The van der Waals surface area contributed by atoms with Crippen molar-refractivity contribution >= 4 is 11.6 Å². The number of methoxy groups -OCH3 is 1. The smallest absolute Gasteiger partial charge is 0.267 e. The molecule has 3 rings (SSSR count). The zero-order chi connectivity index (χ0) is 17.7. The van der Waals surface area contributed by atoms with Crippen LogP contribution in [0.3, 0.4) is 0 Å². The molecular weight excluding hydrogens is 322 g/mol. The van der Waals surface area contributed by atoms with Gasteiger partial charge >= 0.3 is 0 Å². The maximum Gasteiger partial charge on any atom is 0.267 e. The predicted octanol–water partition coefficient (Wildman–Crippen LogP) is 1.03. The number of hydrogen-bond donors (Lipinski definition) is 1. The van der Waals surface area contributed by atoms with E-state index in [0.717, 1.165) is 49.9 Å². The number of rotatable bonds is 6. The van der Waals surface area contributed by atoms with Crippen LogP contribution < -0.4 is 10.1 Å². The molecule has 2 heterocycles. The molecule has 2 aliphatic heterocycles. The van der Waals surface area contributed by atoms with Crippen molar-refractivity contribution in [3.05, 3.63) is 29.8 Å². The van der Waals surface area contributed by atoms with Gasteiger partial charge in [0.15, 0.2) is 0 Å². The second-order valence-corrected chi connectivity index (χ2v) is 6.48. The van der Waals surface area contributed by atoms with Crippen LogP contribution >= 0.6 is 0 Å². The number of nitrogens with one attached hydrogen (secondary N) is 1. The van der Waals surface area contributed by atoms with Gasteiger partial charge in [0, 0.05) is 32.6 Å². The van der Waals surface area contributed by atoms with Gasteiger partial charge in [-0.1, -0.05) is 5.16 Å². The third kappa shape index (κ3) is 4.29. The Morgan fingerprint density at radius 1 is 1.32 bits per heavy atom. The summed E-state index contributed by atoms with van der Waals surface area (Å²) in [5.41, 5.74) is 0.749. The molecule has 0 saturated carbocycles. The fraction of sp³-hybridized carbons (Fsp3) is 0.556. The highest BCUT2D eigenvalue weighted by Crippen LogP contribution is 2.27. The number of oxime groups is 1. The predicted molar refractivity (Wildman–Crippen MR) is 93.9 cm³/mol. The van der Waals surface area contributed by atoms with Gasteiger partial charge in [0.2, 0.25) is 5.60 Å². The van der Waals surface area contributed by atoms with Crippen molar-refractivity contribution in [1.82, 2.24) is 10.2 Å². The summed E-state index contributed by atoms with van der Waals surface area (Å²) in [6.07, 6.45) is 0.447. The van der Waals surface area contributed by atoms with Gasteiger partial charge in [-0.2, -0.15) is 0 Å². The molecule has 0 bridgehead atoms. The van der Waals surface area contributed by atoms with Crippen molar-refractivity contribution in [1.29, 1.82) is 0 Å². The van der Waals surface area contributed by atoms with Crippen LogP contribution in [0.5, 0.6) is 5.75 Å². The number of amides is 1. The monoisotopic (exact) mass is 347 g/mol. The molecule has 1 amide bonds. The van der Waals surface area contributed by atoms with Crippen LogP contribution in [0.15, 0.2) is 29.4 Å². The normalized spacial score (nSPS) is 23.7. The van der Waals surface area contributed by atoms with E-state index in [-0.39, 0.29) is 5.91 Å². The van der Waals surface area contributed by atoms with Crippen LogP contribution in [0.2, 0.25) is 0 Å². The summed E-state index contributed by atoms with van der Waals surface area (Å²) in [5, 5.41) is 7.08. The second kappa shape index (κ2) is 7.84. The number of benzene rings is 1. The number of ether oxygens (including phenoxy) is 2. The van der Waals surface area contributed by atoms with Gasteiger partial charge in [-0.15, -0.1) is 0 Å². The molecule has 1 aromatic carbocycles. The van der Waals surface area contributed by atoms with Gasteiger partial charge in [-0.25, -0.2) is 0 Å². The molecule has 1 atom stereocenters. The van der Waals surface area contributed by atoms with Crippen LogP contribution in [0.1, 0.15) is 18.9 Å². The van der Waals surface area contributed by atoms with Crippen molar-refractivity contribution < 1.29 is 19.1 Å². The number of carbonyl (C=O) groups excluding carboxylic acids is 1. The van der Waals surface area contributed by atoms with Crippen molar-refractivity contribution in [2.24, 2.45) is 5.16 Å². The van der Waals surface area contributed by atoms with E-state index in [9.17, 15) is 4.79 Å². The fourth-order valence-electron chi connectivity index (χ4n) is 2.94. The molecule has 0 unspecified atom stereocenters. The Morgan fingerprint density at radius 3 is 2.72 bits per heavy atom. The Morgan fingerprint density at radius 2 is 2.04 bits per heavy atom. The van der Waals surface area contributed by atoms with Crippen molar-refractivity contribution in [3.8, 4) is 5.75 Å². The first kappa shape index (κ1) is 17.7. The Kier molecular flexibility index (Phi) is 5.55. The van der Waals surface area contributed by atoms with Gasteiger partial charge in [-0.3, -0.25) is 9.69 Å². The van der Waals surface area contributed by atoms with E-state index in [0.29, 0.717) is 13.0 Å². The van der Waals surface area contributed by atoms with Crippen LogP contribution in [0.25, 0.3) is 0 Å². The van der Waals surface area contributed by atoms with Crippen LogP contribution in [-0.4, -0.2) is 68.6 Å². The number of hydrogen-bond acceptors (Lipinski definition) is 6. The number of carbonyl (C=O) groups is 1. The Labute approximate surface area is 147 Å². The van der Waals surface area contributed by atoms with E-state index in [1.54, 1.807) is 14.0 Å². The summed E-state index contributed by atoms with van der Waals surface area (Å²) in [5.74, 6) is 0.653. The highest BCUT2D eigenvalue weighted by molar-refractivity contribution is 6.05. The second-order valence-electron chi connectivity index (χ2n) is 6.48. The minimum Gasteiger partial charge on any atom is -0.497 e. The van der Waals surface area contributed by atoms with E-state index in [4.69, 9.17) is 14.3 Å². The molecule has 136 valence electrons. The zero-order valence-electron chi connectivity index (χ0n) is 14.8. The first-order chi connectivity index (χ1) is 12.1. The van der Waals surface area contributed by atoms with Gasteiger partial charge in [-0.05, 0) is 36.8 Å². The van der Waals surface area contributed by atoms with Crippen LogP contribution in [-0.2, 0) is 14.4 Å². The molecule has 0 aromatic heterocycles. The number of nitrogens with zero attached hydrogens (tertiary/aromatic N) is 2. The maximum atomic E-state index is 12.5.